The fraction of sp³-hybridized carbons (Fsp3) is 0.375. The fourth-order valence-electron chi connectivity index (χ4n) is 2.58. The van der Waals surface area contributed by atoms with Crippen LogP contribution in [0.4, 0.5) is 10.3 Å². The van der Waals surface area contributed by atoms with Crippen LogP contribution in [0, 0.1) is 5.82 Å². The Hall–Kier alpha value is -2.57. The number of likely N-dealkylation sites (tertiary alicyclic amines) is 1. The van der Waals surface area contributed by atoms with Crippen molar-refractivity contribution in [3.05, 3.63) is 36.3 Å². The lowest BCUT2D eigenvalue weighted by Gasteiger charge is -2.26. The highest BCUT2D eigenvalue weighted by Crippen LogP contribution is 2.20. The number of nitrogens with one attached hydrogen (secondary N) is 1. The van der Waals surface area contributed by atoms with Crippen molar-refractivity contribution in [2.24, 2.45) is 0 Å². The van der Waals surface area contributed by atoms with Crippen molar-refractivity contribution in [1.29, 1.82) is 0 Å². The molecule has 3 rings (SSSR count). The van der Waals surface area contributed by atoms with E-state index in [1.165, 1.54) is 12.3 Å². The van der Waals surface area contributed by atoms with Crippen LogP contribution in [-0.4, -0.2) is 45.6 Å². The number of halogens is 1. The highest BCUT2D eigenvalue weighted by atomic mass is 19.1. The topological polar surface area (TPSA) is 71.0 Å². The Morgan fingerprint density at radius 1 is 1.26 bits per heavy atom. The molecule has 2 aromatic rings. The lowest BCUT2D eigenvalue weighted by atomic mass is 10.1. The van der Waals surface area contributed by atoms with Gasteiger partial charge in [-0.15, -0.1) is 5.10 Å². The van der Waals surface area contributed by atoms with E-state index < -0.39 is 0 Å². The molecule has 6 nitrogen and oxygen atoms in total. The van der Waals surface area contributed by atoms with E-state index in [-0.39, 0.29) is 11.7 Å². The van der Waals surface area contributed by atoms with E-state index in [4.69, 9.17) is 0 Å². The average molecular weight is 315 g/mol. The van der Waals surface area contributed by atoms with Gasteiger partial charge in [0.1, 0.15) is 5.82 Å². The molecule has 0 aliphatic carbocycles. The normalized spacial score (nSPS) is 14.8. The SMILES string of the molecule is O=C1CCCCN1CCNc1nncc(-c2ccccc2F)n1. The molecule has 1 aromatic heterocycles. The smallest absolute Gasteiger partial charge is 0.243 e. The zero-order chi connectivity index (χ0) is 16.1. The molecular formula is C16H18FN5O. The summed E-state index contributed by atoms with van der Waals surface area (Å²) >= 11 is 0. The highest BCUT2D eigenvalue weighted by Gasteiger charge is 2.17. The molecule has 2 heterocycles. The third-order valence-electron chi connectivity index (χ3n) is 3.79. The number of rotatable bonds is 5. The van der Waals surface area contributed by atoms with Gasteiger partial charge in [0.15, 0.2) is 0 Å². The van der Waals surface area contributed by atoms with E-state index in [2.05, 4.69) is 20.5 Å². The molecule has 1 fully saturated rings. The quantitative estimate of drug-likeness (QED) is 0.915. The van der Waals surface area contributed by atoms with Crippen molar-refractivity contribution >= 4 is 11.9 Å². The van der Waals surface area contributed by atoms with E-state index in [0.29, 0.717) is 36.7 Å². The number of hydrogen-bond donors (Lipinski definition) is 1. The number of carbonyl (C=O) groups is 1. The fourth-order valence-corrected chi connectivity index (χ4v) is 2.58. The van der Waals surface area contributed by atoms with Crippen LogP contribution in [0.5, 0.6) is 0 Å². The first-order chi connectivity index (χ1) is 11.2. The Labute approximate surface area is 133 Å². The third-order valence-corrected chi connectivity index (χ3v) is 3.79. The monoisotopic (exact) mass is 315 g/mol. The van der Waals surface area contributed by atoms with Gasteiger partial charge >= 0.3 is 0 Å². The Bertz CT molecular complexity index is 694. The maximum Gasteiger partial charge on any atom is 0.243 e. The van der Waals surface area contributed by atoms with E-state index in [9.17, 15) is 9.18 Å². The summed E-state index contributed by atoms with van der Waals surface area (Å²) in [5.74, 6) is 0.172. The second-order valence-corrected chi connectivity index (χ2v) is 5.41. The molecule has 7 heteroatoms. The minimum absolute atomic E-state index is 0.192. The first-order valence-corrected chi connectivity index (χ1v) is 7.70. The molecule has 0 unspecified atom stereocenters. The molecule has 1 aliphatic rings. The number of hydrogen-bond acceptors (Lipinski definition) is 5. The van der Waals surface area contributed by atoms with Crippen molar-refractivity contribution in [2.75, 3.05) is 25.0 Å². The van der Waals surface area contributed by atoms with Crippen LogP contribution in [0.3, 0.4) is 0 Å². The van der Waals surface area contributed by atoms with E-state index in [1.54, 1.807) is 18.2 Å². The summed E-state index contributed by atoms with van der Waals surface area (Å²) in [7, 11) is 0. The van der Waals surface area contributed by atoms with Gasteiger partial charge in [0.2, 0.25) is 11.9 Å². The zero-order valence-corrected chi connectivity index (χ0v) is 12.7. The first-order valence-electron chi connectivity index (χ1n) is 7.70. The van der Waals surface area contributed by atoms with Crippen LogP contribution in [-0.2, 0) is 4.79 Å². The third kappa shape index (κ3) is 3.80. The Morgan fingerprint density at radius 3 is 2.96 bits per heavy atom. The van der Waals surface area contributed by atoms with Gasteiger partial charge in [0, 0.05) is 31.6 Å². The van der Waals surface area contributed by atoms with Crippen LogP contribution >= 0.6 is 0 Å². The predicted octanol–water partition coefficient (Wildman–Crippen LogP) is 2.10. The van der Waals surface area contributed by atoms with Crippen LogP contribution in [0.1, 0.15) is 19.3 Å². The first kappa shape index (κ1) is 15.3. The summed E-state index contributed by atoms with van der Waals surface area (Å²) in [6.45, 7) is 1.94. The van der Waals surface area contributed by atoms with Crippen molar-refractivity contribution in [2.45, 2.75) is 19.3 Å². The number of aromatic nitrogens is 3. The lowest BCUT2D eigenvalue weighted by molar-refractivity contribution is -0.133. The zero-order valence-electron chi connectivity index (χ0n) is 12.7. The lowest BCUT2D eigenvalue weighted by Crippen LogP contribution is -2.38. The number of carbonyl (C=O) groups excluding carboxylic acids is 1. The Morgan fingerprint density at radius 2 is 2.13 bits per heavy atom. The Balaban J connectivity index is 1.62. The van der Waals surface area contributed by atoms with Crippen molar-refractivity contribution < 1.29 is 9.18 Å². The molecule has 0 radical (unpaired) electrons. The molecule has 23 heavy (non-hydrogen) atoms. The molecule has 0 spiro atoms. The van der Waals surface area contributed by atoms with Crippen molar-refractivity contribution in [3.8, 4) is 11.3 Å². The van der Waals surface area contributed by atoms with Gasteiger partial charge in [-0.05, 0) is 25.0 Å². The molecule has 1 amide bonds. The minimum Gasteiger partial charge on any atom is -0.351 e. The highest BCUT2D eigenvalue weighted by molar-refractivity contribution is 5.76. The molecule has 1 aromatic carbocycles. The van der Waals surface area contributed by atoms with Gasteiger partial charge in [-0.1, -0.05) is 12.1 Å². The van der Waals surface area contributed by atoms with Gasteiger partial charge in [0.05, 0.1) is 11.9 Å². The second kappa shape index (κ2) is 7.13. The van der Waals surface area contributed by atoms with E-state index >= 15 is 0 Å². The van der Waals surface area contributed by atoms with E-state index in [0.717, 1.165) is 19.4 Å². The molecule has 0 atom stereocenters. The van der Waals surface area contributed by atoms with Gasteiger partial charge < -0.3 is 10.2 Å². The van der Waals surface area contributed by atoms with Crippen LogP contribution in [0.2, 0.25) is 0 Å². The summed E-state index contributed by atoms with van der Waals surface area (Å²) in [6.07, 6.45) is 4.08. The molecule has 1 aliphatic heterocycles. The molecule has 1 N–H and O–H groups in total. The van der Waals surface area contributed by atoms with Crippen molar-refractivity contribution in [1.82, 2.24) is 20.1 Å². The van der Waals surface area contributed by atoms with Gasteiger partial charge in [-0.25, -0.2) is 9.37 Å². The number of piperidine rings is 1. The van der Waals surface area contributed by atoms with Crippen LogP contribution < -0.4 is 5.32 Å². The van der Waals surface area contributed by atoms with Crippen LogP contribution in [0.15, 0.2) is 30.5 Å². The maximum absolute atomic E-state index is 13.8. The standard InChI is InChI=1S/C16H18FN5O/c17-13-6-2-1-5-12(13)14-11-19-21-16(20-14)18-8-10-22-9-4-3-7-15(22)23/h1-2,5-6,11H,3-4,7-10H2,(H,18,20,21). The number of benzene rings is 1. The van der Waals surface area contributed by atoms with Gasteiger partial charge in [-0.3, -0.25) is 4.79 Å². The van der Waals surface area contributed by atoms with Gasteiger partial charge in [-0.2, -0.15) is 5.10 Å². The molecule has 0 saturated carbocycles. The second-order valence-electron chi connectivity index (χ2n) is 5.41. The molecule has 120 valence electrons. The maximum atomic E-state index is 13.8. The largest absolute Gasteiger partial charge is 0.351 e. The van der Waals surface area contributed by atoms with Gasteiger partial charge in [0.25, 0.3) is 0 Å². The number of amides is 1. The number of anilines is 1. The molecular weight excluding hydrogens is 297 g/mol. The summed E-state index contributed by atoms with van der Waals surface area (Å²) in [6, 6.07) is 6.40. The summed E-state index contributed by atoms with van der Waals surface area (Å²) in [4.78, 5) is 17.8. The van der Waals surface area contributed by atoms with Crippen LogP contribution in [0.25, 0.3) is 11.3 Å². The number of nitrogens with zero attached hydrogens (tertiary/aromatic N) is 4. The molecule has 0 bridgehead atoms. The average Bonchev–Trinajstić information content (AvgIpc) is 2.57. The summed E-state index contributed by atoms with van der Waals surface area (Å²) in [5.41, 5.74) is 0.811. The summed E-state index contributed by atoms with van der Waals surface area (Å²) < 4.78 is 13.8. The predicted molar refractivity (Wildman–Crippen MR) is 84.1 cm³/mol. The minimum atomic E-state index is -0.349. The van der Waals surface area contributed by atoms with E-state index in [1.807, 2.05) is 4.90 Å². The Kier molecular flexibility index (Phi) is 4.75. The molecule has 1 saturated heterocycles. The van der Waals surface area contributed by atoms with Crippen molar-refractivity contribution in [3.63, 3.8) is 0 Å². The summed E-state index contributed by atoms with van der Waals surface area (Å²) in [5, 5.41) is 10.8.